The molecule has 2 aromatic rings. The Morgan fingerprint density at radius 1 is 1.15 bits per heavy atom. The second-order valence-electron chi connectivity index (χ2n) is 2.85. The van der Waals surface area contributed by atoms with E-state index in [1.807, 2.05) is 0 Å². The summed E-state index contributed by atoms with van der Waals surface area (Å²) < 4.78 is 1.49. The first kappa shape index (κ1) is 7.79. The lowest BCUT2D eigenvalue weighted by atomic mass is 10.3. The van der Waals surface area contributed by atoms with Crippen LogP contribution in [0.15, 0.2) is 33.9 Å². The van der Waals surface area contributed by atoms with Crippen LogP contribution in [0.25, 0.3) is 11.0 Å². The van der Waals surface area contributed by atoms with Crippen molar-refractivity contribution in [3.05, 3.63) is 45.0 Å². The topological polar surface area (TPSA) is 54.9 Å². The smallest absolute Gasteiger partial charge is 0.250 e. The van der Waals surface area contributed by atoms with Crippen molar-refractivity contribution in [1.29, 1.82) is 0 Å². The number of aromatic amines is 1. The van der Waals surface area contributed by atoms with Gasteiger partial charge in [0.15, 0.2) is 0 Å². The molecule has 1 N–H and O–H groups in total. The zero-order chi connectivity index (χ0) is 9.42. The Morgan fingerprint density at radius 3 is 2.69 bits per heavy atom. The molecule has 0 aliphatic rings. The number of pyridine rings is 2. The predicted octanol–water partition coefficient (Wildman–Crippen LogP) is 0.227. The zero-order valence-corrected chi connectivity index (χ0v) is 7.07. The molecular formula is C9H8N2O2. The van der Waals surface area contributed by atoms with Crippen LogP contribution in [-0.4, -0.2) is 9.55 Å². The Bertz CT molecular complexity index is 566. The molecule has 66 valence electrons. The van der Waals surface area contributed by atoms with Crippen LogP contribution in [-0.2, 0) is 7.05 Å². The van der Waals surface area contributed by atoms with Gasteiger partial charge in [-0.05, 0) is 12.1 Å². The van der Waals surface area contributed by atoms with E-state index < -0.39 is 0 Å². The highest BCUT2D eigenvalue weighted by Crippen LogP contribution is 2.03. The van der Waals surface area contributed by atoms with E-state index in [1.165, 1.54) is 16.7 Å². The van der Waals surface area contributed by atoms with Gasteiger partial charge in [-0.2, -0.15) is 0 Å². The summed E-state index contributed by atoms with van der Waals surface area (Å²) >= 11 is 0. The van der Waals surface area contributed by atoms with Crippen molar-refractivity contribution >= 4 is 11.0 Å². The third-order valence-electron chi connectivity index (χ3n) is 2.01. The number of nitrogens with one attached hydrogen (secondary N) is 1. The second kappa shape index (κ2) is 2.58. The maximum Gasteiger partial charge on any atom is 0.250 e. The molecule has 0 amide bonds. The summed E-state index contributed by atoms with van der Waals surface area (Å²) in [4.78, 5) is 24.8. The highest BCUT2D eigenvalue weighted by Gasteiger charge is 1.97. The lowest BCUT2D eigenvalue weighted by Gasteiger charge is -2.01. The first-order valence-electron chi connectivity index (χ1n) is 3.87. The van der Waals surface area contributed by atoms with Gasteiger partial charge in [-0.25, -0.2) is 0 Å². The third-order valence-corrected chi connectivity index (χ3v) is 2.01. The average Bonchev–Trinajstić information content (AvgIpc) is 2.12. The van der Waals surface area contributed by atoms with Crippen LogP contribution in [0.5, 0.6) is 0 Å². The monoisotopic (exact) mass is 176 g/mol. The lowest BCUT2D eigenvalue weighted by Crippen LogP contribution is -2.17. The molecule has 2 heterocycles. The number of nitrogens with zero attached hydrogens (tertiary/aromatic N) is 1. The number of H-pyrrole nitrogens is 1. The van der Waals surface area contributed by atoms with Crippen LogP contribution in [0.1, 0.15) is 0 Å². The van der Waals surface area contributed by atoms with Crippen LogP contribution in [0.3, 0.4) is 0 Å². The quantitative estimate of drug-likeness (QED) is 0.624. The lowest BCUT2D eigenvalue weighted by molar-refractivity contribution is 0.902. The van der Waals surface area contributed by atoms with E-state index in [1.54, 1.807) is 19.2 Å². The molecule has 0 spiro atoms. The van der Waals surface area contributed by atoms with Crippen molar-refractivity contribution in [2.45, 2.75) is 0 Å². The van der Waals surface area contributed by atoms with Gasteiger partial charge in [0.05, 0.1) is 11.0 Å². The molecule has 2 rings (SSSR count). The summed E-state index contributed by atoms with van der Waals surface area (Å²) in [6.07, 6.45) is 0. The van der Waals surface area contributed by atoms with E-state index in [0.29, 0.717) is 5.52 Å². The van der Waals surface area contributed by atoms with E-state index in [4.69, 9.17) is 0 Å². The summed E-state index contributed by atoms with van der Waals surface area (Å²) in [6, 6.07) is 6.08. The molecule has 0 fully saturated rings. The normalized spacial score (nSPS) is 10.5. The van der Waals surface area contributed by atoms with Gasteiger partial charge in [-0.3, -0.25) is 9.59 Å². The highest BCUT2D eigenvalue weighted by atomic mass is 16.1. The fraction of sp³-hybridized carbons (Fsp3) is 0.111. The Morgan fingerprint density at radius 2 is 1.92 bits per heavy atom. The molecule has 13 heavy (non-hydrogen) atoms. The summed E-state index contributed by atoms with van der Waals surface area (Å²) in [5.41, 5.74) is 1.16. The Balaban J connectivity index is 3.03. The van der Waals surface area contributed by atoms with Crippen LogP contribution < -0.4 is 11.1 Å². The first-order valence-corrected chi connectivity index (χ1v) is 3.87. The van der Waals surface area contributed by atoms with Gasteiger partial charge < -0.3 is 9.55 Å². The molecule has 0 radical (unpaired) electrons. The van der Waals surface area contributed by atoms with Gasteiger partial charge in [0, 0.05) is 19.2 Å². The van der Waals surface area contributed by atoms with E-state index >= 15 is 0 Å². The summed E-state index contributed by atoms with van der Waals surface area (Å²) in [6.45, 7) is 0. The van der Waals surface area contributed by atoms with Crippen molar-refractivity contribution in [2.24, 2.45) is 7.05 Å². The van der Waals surface area contributed by atoms with Gasteiger partial charge in [-0.15, -0.1) is 0 Å². The molecule has 0 bridgehead atoms. The maximum absolute atomic E-state index is 11.2. The Hall–Kier alpha value is -1.84. The van der Waals surface area contributed by atoms with E-state index in [2.05, 4.69) is 4.98 Å². The van der Waals surface area contributed by atoms with Gasteiger partial charge in [0.1, 0.15) is 0 Å². The van der Waals surface area contributed by atoms with E-state index in [0.717, 1.165) is 5.52 Å². The molecule has 2 aromatic heterocycles. The first-order chi connectivity index (χ1) is 6.18. The molecule has 4 heteroatoms. The average molecular weight is 176 g/mol. The fourth-order valence-corrected chi connectivity index (χ4v) is 1.29. The van der Waals surface area contributed by atoms with Crippen LogP contribution >= 0.6 is 0 Å². The van der Waals surface area contributed by atoms with Gasteiger partial charge in [0.25, 0.3) is 5.56 Å². The minimum absolute atomic E-state index is 0.0838. The molecular weight excluding hydrogens is 168 g/mol. The molecule has 0 aromatic carbocycles. The molecule has 0 unspecified atom stereocenters. The number of rotatable bonds is 0. The van der Waals surface area contributed by atoms with Gasteiger partial charge in [0.2, 0.25) is 5.56 Å². The van der Waals surface area contributed by atoms with Crippen molar-refractivity contribution in [1.82, 2.24) is 9.55 Å². The molecule has 0 saturated heterocycles. The standard InChI is InChI=1S/C9H8N2O2/c1-11-7-3-4-8(12)10-6(7)2-5-9(11)13/h2-5H,1H3,(H,10,12). The highest BCUT2D eigenvalue weighted by molar-refractivity contribution is 5.73. The zero-order valence-electron chi connectivity index (χ0n) is 7.07. The van der Waals surface area contributed by atoms with Gasteiger partial charge >= 0.3 is 0 Å². The molecule has 0 aliphatic carbocycles. The van der Waals surface area contributed by atoms with Crippen molar-refractivity contribution in [2.75, 3.05) is 0 Å². The summed E-state index contributed by atoms with van der Waals surface area (Å²) in [7, 11) is 1.67. The predicted molar refractivity (Wildman–Crippen MR) is 49.8 cm³/mol. The van der Waals surface area contributed by atoms with E-state index in [-0.39, 0.29) is 11.1 Å². The molecule has 4 nitrogen and oxygen atoms in total. The number of fused-ring (bicyclic) bond motifs is 1. The number of aromatic nitrogens is 2. The minimum atomic E-state index is -0.161. The van der Waals surface area contributed by atoms with Crippen molar-refractivity contribution in [3.63, 3.8) is 0 Å². The van der Waals surface area contributed by atoms with Crippen molar-refractivity contribution in [3.8, 4) is 0 Å². The molecule has 0 atom stereocenters. The van der Waals surface area contributed by atoms with Crippen LogP contribution in [0.2, 0.25) is 0 Å². The maximum atomic E-state index is 11.2. The van der Waals surface area contributed by atoms with Crippen molar-refractivity contribution < 1.29 is 0 Å². The SMILES string of the molecule is Cn1c(=O)ccc2[nH]c(=O)ccc21. The second-order valence-corrected chi connectivity index (χ2v) is 2.85. The minimum Gasteiger partial charge on any atom is -0.321 e. The molecule has 0 saturated carbocycles. The van der Waals surface area contributed by atoms with Gasteiger partial charge in [-0.1, -0.05) is 0 Å². The largest absolute Gasteiger partial charge is 0.321 e. The molecule has 0 aliphatic heterocycles. The number of hydrogen-bond donors (Lipinski definition) is 1. The third kappa shape index (κ3) is 1.16. The summed E-state index contributed by atoms with van der Waals surface area (Å²) in [5.74, 6) is 0. The Labute approximate surface area is 73.5 Å². The summed E-state index contributed by atoms with van der Waals surface area (Å²) in [5, 5.41) is 0. The van der Waals surface area contributed by atoms with Crippen LogP contribution in [0, 0.1) is 0 Å². The Kier molecular flexibility index (Phi) is 1.55. The van der Waals surface area contributed by atoms with E-state index in [9.17, 15) is 9.59 Å². The fourth-order valence-electron chi connectivity index (χ4n) is 1.29. The number of hydrogen-bond acceptors (Lipinski definition) is 2. The number of aryl methyl sites for hydroxylation is 1. The van der Waals surface area contributed by atoms with Crippen LogP contribution in [0.4, 0.5) is 0 Å².